The number of fused-ring (bicyclic) bond motifs is 1. The summed E-state index contributed by atoms with van der Waals surface area (Å²) in [6.07, 6.45) is 9.58. The number of thiophene rings is 1. The Labute approximate surface area is 140 Å². The Balaban J connectivity index is 1.66. The van der Waals surface area contributed by atoms with Crippen LogP contribution in [0, 0.1) is 0 Å². The molecular formula is C19H21N3S. The van der Waals surface area contributed by atoms with Gasteiger partial charge in [0.25, 0.3) is 0 Å². The molecule has 4 rings (SSSR count). The van der Waals surface area contributed by atoms with E-state index in [1.165, 1.54) is 49.0 Å². The van der Waals surface area contributed by atoms with Crippen molar-refractivity contribution >= 4 is 27.4 Å². The van der Waals surface area contributed by atoms with Crippen LogP contribution in [0.1, 0.15) is 38.5 Å². The number of anilines is 1. The fraction of sp³-hybridized carbons (Fsp3) is 0.368. The highest BCUT2D eigenvalue weighted by atomic mass is 32.1. The van der Waals surface area contributed by atoms with Crippen LogP contribution in [0.2, 0.25) is 0 Å². The topological polar surface area (TPSA) is 37.8 Å². The van der Waals surface area contributed by atoms with Gasteiger partial charge in [0, 0.05) is 10.9 Å². The second kappa shape index (κ2) is 6.67. The summed E-state index contributed by atoms with van der Waals surface area (Å²) in [4.78, 5) is 11.3. The van der Waals surface area contributed by atoms with Crippen molar-refractivity contribution in [2.45, 2.75) is 44.6 Å². The van der Waals surface area contributed by atoms with Gasteiger partial charge >= 0.3 is 0 Å². The first-order chi connectivity index (χ1) is 11.4. The first-order valence-electron chi connectivity index (χ1n) is 8.47. The molecule has 1 fully saturated rings. The Hall–Kier alpha value is -1.94. The summed E-state index contributed by atoms with van der Waals surface area (Å²) in [6, 6.07) is 13.3. The number of hydrogen-bond donors (Lipinski definition) is 1. The van der Waals surface area contributed by atoms with E-state index >= 15 is 0 Å². The van der Waals surface area contributed by atoms with Crippen molar-refractivity contribution < 1.29 is 0 Å². The fourth-order valence-electron chi connectivity index (χ4n) is 3.33. The lowest BCUT2D eigenvalue weighted by Crippen LogP contribution is -2.19. The quantitative estimate of drug-likeness (QED) is 0.647. The average molecular weight is 323 g/mol. The molecule has 0 bridgehead atoms. The molecule has 1 aliphatic carbocycles. The minimum absolute atomic E-state index is 0.552. The summed E-state index contributed by atoms with van der Waals surface area (Å²) in [6.45, 7) is 0. The largest absolute Gasteiger partial charge is 0.367 e. The van der Waals surface area contributed by atoms with E-state index < -0.39 is 0 Å². The summed E-state index contributed by atoms with van der Waals surface area (Å²) in [5.41, 5.74) is 1.25. The van der Waals surface area contributed by atoms with E-state index in [9.17, 15) is 0 Å². The van der Waals surface area contributed by atoms with Gasteiger partial charge < -0.3 is 5.32 Å². The van der Waals surface area contributed by atoms with Gasteiger partial charge in [0.1, 0.15) is 17.0 Å². The molecule has 1 aromatic carbocycles. The first-order valence-corrected chi connectivity index (χ1v) is 9.28. The van der Waals surface area contributed by atoms with E-state index in [4.69, 9.17) is 0 Å². The summed E-state index contributed by atoms with van der Waals surface area (Å²) in [5.74, 6) is 1.00. The predicted octanol–water partition coefficient (Wildman–Crippen LogP) is 5.49. The molecule has 1 saturated carbocycles. The molecule has 0 spiro atoms. The lowest BCUT2D eigenvalue weighted by atomic mass is 10.1. The molecule has 23 heavy (non-hydrogen) atoms. The standard InChI is InChI=1S/C19H21N3S/c1-2-7-11-15(10-6-1)22-18-16-12-17(14-8-4-3-5-9-14)23-19(16)21-13-20-18/h3-5,8-9,12-13,15H,1-2,6-7,10-11H2,(H,20,21,22). The molecule has 118 valence electrons. The highest BCUT2D eigenvalue weighted by molar-refractivity contribution is 7.21. The van der Waals surface area contributed by atoms with Crippen LogP contribution in [-0.2, 0) is 0 Å². The van der Waals surface area contributed by atoms with E-state index in [0.717, 1.165) is 16.0 Å². The average Bonchev–Trinajstić information content (AvgIpc) is 2.88. The van der Waals surface area contributed by atoms with Crippen LogP contribution in [0.3, 0.4) is 0 Å². The number of hydrogen-bond acceptors (Lipinski definition) is 4. The molecule has 1 aliphatic rings. The Morgan fingerprint density at radius 1 is 0.957 bits per heavy atom. The molecule has 0 aliphatic heterocycles. The van der Waals surface area contributed by atoms with Gasteiger partial charge in [-0.05, 0) is 24.5 Å². The van der Waals surface area contributed by atoms with Gasteiger partial charge in [0.05, 0.1) is 5.39 Å². The molecule has 0 atom stereocenters. The number of benzene rings is 1. The van der Waals surface area contributed by atoms with E-state index in [1.807, 2.05) is 0 Å². The summed E-state index contributed by atoms with van der Waals surface area (Å²) < 4.78 is 0. The van der Waals surface area contributed by atoms with Gasteiger partial charge in [-0.1, -0.05) is 56.0 Å². The molecular weight excluding hydrogens is 302 g/mol. The van der Waals surface area contributed by atoms with Gasteiger partial charge in [-0.25, -0.2) is 9.97 Å². The highest BCUT2D eigenvalue weighted by Gasteiger charge is 2.15. The van der Waals surface area contributed by atoms with Crippen molar-refractivity contribution in [3.8, 4) is 10.4 Å². The Morgan fingerprint density at radius 3 is 2.52 bits per heavy atom. The number of rotatable bonds is 3. The van der Waals surface area contributed by atoms with Crippen LogP contribution < -0.4 is 5.32 Å². The van der Waals surface area contributed by atoms with Crippen molar-refractivity contribution in [3.05, 3.63) is 42.7 Å². The van der Waals surface area contributed by atoms with Gasteiger partial charge in [-0.3, -0.25) is 0 Å². The molecule has 2 heterocycles. The van der Waals surface area contributed by atoms with Gasteiger partial charge in [0.15, 0.2) is 0 Å². The van der Waals surface area contributed by atoms with Crippen molar-refractivity contribution in [2.75, 3.05) is 5.32 Å². The zero-order valence-electron chi connectivity index (χ0n) is 13.2. The SMILES string of the molecule is c1ccc(-c2cc3c(NC4CCCCCC4)ncnc3s2)cc1. The molecule has 0 unspecified atom stereocenters. The molecule has 0 radical (unpaired) electrons. The maximum Gasteiger partial charge on any atom is 0.138 e. The van der Waals surface area contributed by atoms with Gasteiger partial charge in [-0.2, -0.15) is 0 Å². The lowest BCUT2D eigenvalue weighted by Gasteiger charge is -2.17. The molecule has 0 amide bonds. The maximum atomic E-state index is 4.52. The van der Waals surface area contributed by atoms with E-state index in [1.54, 1.807) is 17.7 Å². The van der Waals surface area contributed by atoms with Crippen LogP contribution in [0.4, 0.5) is 5.82 Å². The van der Waals surface area contributed by atoms with Gasteiger partial charge in [-0.15, -0.1) is 11.3 Å². The van der Waals surface area contributed by atoms with E-state index in [0.29, 0.717) is 6.04 Å². The third kappa shape index (κ3) is 3.22. The molecule has 3 nitrogen and oxygen atoms in total. The third-order valence-electron chi connectivity index (χ3n) is 4.58. The smallest absolute Gasteiger partial charge is 0.138 e. The van der Waals surface area contributed by atoms with Crippen molar-refractivity contribution in [1.29, 1.82) is 0 Å². The van der Waals surface area contributed by atoms with Crippen LogP contribution in [0.25, 0.3) is 20.7 Å². The monoisotopic (exact) mass is 323 g/mol. The lowest BCUT2D eigenvalue weighted by molar-refractivity contribution is 0.618. The number of nitrogens with one attached hydrogen (secondary N) is 1. The van der Waals surface area contributed by atoms with Crippen LogP contribution in [-0.4, -0.2) is 16.0 Å². The molecule has 0 saturated heterocycles. The molecule has 3 aromatic rings. The van der Waals surface area contributed by atoms with Crippen LogP contribution in [0.15, 0.2) is 42.7 Å². The second-order valence-electron chi connectivity index (χ2n) is 6.25. The zero-order chi connectivity index (χ0) is 15.5. The second-order valence-corrected chi connectivity index (χ2v) is 7.28. The Bertz CT molecular complexity index is 774. The van der Waals surface area contributed by atoms with E-state index in [-0.39, 0.29) is 0 Å². The summed E-state index contributed by atoms with van der Waals surface area (Å²) >= 11 is 1.74. The highest BCUT2D eigenvalue weighted by Crippen LogP contribution is 2.35. The number of nitrogens with zero attached hydrogens (tertiary/aromatic N) is 2. The van der Waals surface area contributed by atoms with E-state index in [2.05, 4.69) is 51.7 Å². The number of aromatic nitrogens is 2. The Kier molecular flexibility index (Phi) is 4.24. The van der Waals surface area contributed by atoms with Crippen LogP contribution >= 0.6 is 11.3 Å². The summed E-state index contributed by atoms with van der Waals surface area (Å²) in [5, 5.41) is 4.84. The summed E-state index contributed by atoms with van der Waals surface area (Å²) in [7, 11) is 0. The van der Waals surface area contributed by atoms with Crippen molar-refractivity contribution in [1.82, 2.24) is 9.97 Å². The van der Waals surface area contributed by atoms with Crippen molar-refractivity contribution in [3.63, 3.8) is 0 Å². The minimum Gasteiger partial charge on any atom is -0.367 e. The maximum absolute atomic E-state index is 4.52. The third-order valence-corrected chi connectivity index (χ3v) is 5.68. The normalized spacial score (nSPS) is 16.3. The van der Waals surface area contributed by atoms with Gasteiger partial charge in [0.2, 0.25) is 0 Å². The fourth-order valence-corrected chi connectivity index (χ4v) is 4.34. The van der Waals surface area contributed by atoms with Crippen LogP contribution in [0.5, 0.6) is 0 Å². The molecule has 2 aromatic heterocycles. The predicted molar refractivity (Wildman–Crippen MR) is 98.0 cm³/mol. The zero-order valence-corrected chi connectivity index (χ0v) is 14.0. The minimum atomic E-state index is 0.552. The Morgan fingerprint density at radius 2 is 1.74 bits per heavy atom. The molecule has 4 heteroatoms. The molecule has 1 N–H and O–H groups in total. The van der Waals surface area contributed by atoms with Crippen molar-refractivity contribution in [2.24, 2.45) is 0 Å². The first kappa shape index (κ1) is 14.6.